The fraction of sp³-hybridized carbons (Fsp3) is 0.200. The summed E-state index contributed by atoms with van der Waals surface area (Å²) in [5.74, 6) is -0.218. The van der Waals surface area contributed by atoms with Gasteiger partial charge in [0.2, 0.25) is 0 Å². The molecule has 25 heavy (non-hydrogen) atoms. The summed E-state index contributed by atoms with van der Waals surface area (Å²) in [7, 11) is 0. The van der Waals surface area contributed by atoms with Gasteiger partial charge in [0.15, 0.2) is 0 Å². The van der Waals surface area contributed by atoms with E-state index < -0.39 is 5.97 Å². The number of aromatic nitrogens is 6. The van der Waals surface area contributed by atoms with Crippen molar-refractivity contribution >= 4 is 33.3 Å². The molecule has 0 saturated carbocycles. The first-order chi connectivity index (χ1) is 12.0. The van der Waals surface area contributed by atoms with Gasteiger partial charge < -0.3 is 9.72 Å². The molecule has 1 N–H and O–H groups in total. The maximum absolute atomic E-state index is 12.2. The van der Waals surface area contributed by atoms with E-state index in [4.69, 9.17) is 4.74 Å². The van der Waals surface area contributed by atoms with Gasteiger partial charge in [0.05, 0.1) is 5.52 Å². The van der Waals surface area contributed by atoms with Crippen LogP contribution in [-0.2, 0) is 11.3 Å². The van der Waals surface area contributed by atoms with Gasteiger partial charge in [0, 0.05) is 11.4 Å². The van der Waals surface area contributed by atoms with Crippen molar-refractivity contribution in [2.45, 2.75) is 20.5 Å². The van der Waals surface area contributed by atoms with Crippen molar-refractivity contribution in [1.29, 1.82) is 0 Å². The Bertz CT molecular complexity index is 1180. The number of aromatic amines is 1. The predicted octanol–water partition coefficient (Wildman–Crippen LogP) is 1.40. The molecule has 0 unspecified atom stereocenters. The van der Waals surface area contributed by atoms with Crippen LogP contribution in [0.5, 0.6) is 0 Å². The largest absolute Gasteiger partial charge is 0.452 e. The number of carbonyl (C=O) groups excluding carboxylic acids is 1. The lowest BCUT2D eigenvalue weighted by Gasteiger charge is -2.01. The van der Waals surface area contributed by atoms with Gasteiger partial charge in [-0.1, -0.05) is 0 Å². The van der Waals surface area contributed by atoms with Crippen LogP contribution in [0, 0.1) is 13.8 Å². The Morgan fingerprint density at radius 3 is 3.00 bits per heavy atom. The van der Waals surface area contributed by atoms with Crippen molar-refractivity contribution in [1.82, 2.24) is 29.5 Å². The number of carbonyl (C=O) groups is 1. The number of hydrogen-bond donors (Lipinski definition) is 1. The number of H-pyrrole nitrogens is 1. The minimum Gasteiger partial charge on any atom is -0.452 e. The van der Waals surface area contributed by atoms with E-state index in [2.05, 4.69) is 25.0 Å². The zero-order valence-electron chi connectivity index (χ0n) is 13.3. The van der Waals surface area contributed by atoms with Gasteiger partial charge in [-0.25, -0.2) is 19.3 Å². The van der Waals surface area contributed by atoms with Gasteiger partial charge in [-0.05, 0) is 31.4 Å². The van der Waals surface area contributed by atoms with Crippen LogP contribution in [-0.4, -0.2) is 35.5 Å². The van der Waals surface area contributed by atoms with E-state index in [9.17, 15) is 9.59 Å². The minimum atomic E-state index is -0.712. The number of ether oxygens (including phenoxy) is 1. The summed E-state index contributed by atoms with van der Waals surface area (Å²) in [6, 6.07) is 3.57. The molecule has 4 aromatic heterocycles. The topological polar surface area (TPSA) is 115 Å². The molecule has 0 aliphatic heterocycles. The molecule has 0 radical (unpaired) electrons. The lowest BCUT2D eigenvalue weighted by molar-refractivity contribution is 0.0448. The standard InChI is InChI=1S/C15H12N6O3S/c1-7-5-8(2)21-15(16-7)19-12(20-21)14(23)24-6-10-17-9-3-4-25-11(9)13(22)18-10/h3-5H,6H2,1-2H3,(H,17,18,22). The Hall–Kier alpha value is -3.14. The SMILES string of the molecule is Cc1cc(C)n2nc(C(=O)OCc3nc4ccsc4c(=O)[nH]3)nc2n1. The molecule has 0 amide bonds. The third kappa shape index (κ3) is 2.76. The summed E-state index contributed by atoms with van der Waals surface area (Å²) in [4.78, 5) is 39.2. The highest BCUT2D eigenvalue weighted by molar-refractivity contribution is 7.17. The number of aryl methyl sites for hydroxylation is 2. The summed E-state index contributed by atoms with van der Waals surface area (Å²) >= 11 is 1.31. The second-order valence-corrected chi connectivity index (χ2v) is 6.33. The van der Waals surface area contributed by atoms with E-state index in [1.165, 1.54) is 15.9 Å². The van der Waals surface area contributed by atoms with Crippen LogP contribution >= 0.6 is 11.3 Å². The van der Waals surface area contributed by atoms with Crippen LogP contribution in [0.1, 0.15) is 27.8 Å². The zero-order chi connectivity index (χ0) is 17.6. The smallest absolute Gasteiger partial charge is 0.378 e. The molecular formula is C15H12N6O3S. The molecule has 0 fully saturated rings. The summed E-state index contributed by atoms with van der Waals surface area (Å²) in [6.45, 7) is 3.50. The average molecular weight is 356 g/mol. The van der Waals surface area contributed by atoms with Crippen molar-refractivity contribution < 1.29 is 9.53 Å². The van der Waals surface area contributed by atoms with E-state index >= 15 is 0 Å². The average Bonchev–Trinajstić information content (AvgIpc) is 3.19. The maximum atomic E-state index is 12.2. The van der Waals surface area contributed by atoms with Crippen LogP contribution in [0.3, 0.4) is 0 Å². The molecule has 9 nitrogen and oxygen atoms in total. The number of nitrogens with zero attached hydrogens (tertiary/aromatic N) is 5. The van der Waals surface area contributed by atoms with Gasteiger partial charge in [-0.2, -0.15) is 4.98 Å². The molecule has 4 heterocycles. The van der Waals surface area contributed by atoms with Crippen LogP contribution in [0.25, 0.3) is 16.0 Å². The summed E-state index contributed by atoms with van der Waals surface area (Å²) in [5.41, 5.74) is 1.90. The van der Waals surface area contributed by atoms with E-state index in [1.54, 1.807) is 11.4 Å². The summed E-state index contributed by atoms with van der Waals surface area (Å²) in [5, 5.41) is 5.88. The first-order valence-electron chi connectivity index (χ1n) is 7.36. The van der Waals surface area contributed by atoms with Crippen LogP contribution in [0.4, 0.5) is 0 Å². The Morgan fingerprint density at radius 2 is 2.16 bits per heavy atom. The number of thiophene rings is 1. The van der Waals surface area contributed by atoms with Crippen molar-refractivity contribution in [2.24, 2.45) is 0 Å². The van der Waals surface area contributed by atoms with Crippen LogP contribution in [0.2, 0.25) is 0 Å². The monoisotopic (exact) mass is 356 g/mol. The number of hydrogen-bond acceptors (Lipinski definition) is 8. The van der Waals surface area contributed by atoms with E-state index in [-0.39, 0.29) is 23.8 Å². The van der Waals surface area contributed by atoms with Crippen LogP contribution < -0.4 is 5.56 Å². The summed E-state index contributed by atoms with van der Waals surface area (Å²) in [6.07, 6.45) is 0. The Balaban J connectivity index is 1.57. The molecule has 0 bridgehead atoms. The molecule has 4 rings (SSSR count). The number of fused-ring (bicyclic) bond motifs is 2. The molecule has 0 aliphatic rings. The summed E-state index contributed by atoms with van der Waals surface area (Å²) < 4.78 is 7.17. The lowest BCUT2D eigenvalue weighted by Crippen LogP contribution is -2.14. The second kappa shape index (κ2) is 5.74. The van der Waals surface area contributed by atoms with Gasteiger partial charge in [0.25, 0.3) is 17.2 Å². The highest BCUT2D eigenvalue weighted by atomic mass is 32.1. The highest BCUT2D eigenvalue weighted by Crippen LogP contribution is 2.14. The molecule has 0 spiro atoms. The normalized spacial score (nSPS) is 11.3. The molecule has 0 saturated heterocycles. The maximum Gasteiger partial charge on any atom is 0.378 e. The van der Waals surface area contributed by atoms with Gasteiger partial charge in [-0.15, -0.1) is 16.4 Å². The Kier molecular flexibility index (Phi) is 3.53. The predicted molar refractivity (Wildman–Crippen MR) is 89.6 cm³/mol. The molecule has 10 heteroatoms. The molecular weight excluding hydrogens is 344 g/mol. The third-order valence-electron chi connectivity index (χ3n) is 3.50. The molecule has 0 aromatic carbocycles. The zero-order valence-corrected chi connectivity index (χ0v) is 14.1. The fourth-order valence-corrected chi connectivity index (χ4v) is 3.17. The lowest BCUT2D eigenvalue weighted by atomic mass is 10.4. The highest BCUT2D eigenvalue weighted by Gasteiger charge is 2.17. The Labute approximate surface area is 144 Å². The van der Waals surface area contributed by atoms with Crippen molar-refractivity contribution in [2.75, 3.05) is 0 Å². The number of esters is 1. The third-order valence-corrected chi connectivity index (χ3v) is 4.41. The number of rotatable bonds is 3. The molecule has 0 aliphatic carbocycles. The van der Waals surface area contributed by atoms with Crippen molar-refractivity contribution in [3.8, 4) is 0 Å². The second-order valence-electron chi connectivity index (χ2n) is 5.41. The first kappa shape index (κ1) is 15.4. The van der Waals surface area contributed by atoms with Crippen molar-refractivity contribution in [3.63, 3.8) is 0 Å². The Morgan fingerprint density at radius 1 is 1.32 bits per heavy atom. The molecule has 0 atom stereocenters. The van der Waals surface area contributed by atoms with E-state index in [1.807, 2.05) is 19.9 Å². The van der Waals surface area contributed by atoms with Gasteiger partial charge in [0.1, 0.15) is 17.1 Å². The van der Waals surface area contributed by atoms with Gasteiger partial charge in [-0.3, -0.25) is 4.79 Å². The quantitative estimate of drug-likeness (QED) is 0.552. The van der Waals surface area contributed by atoms with E-state index in [0.717, 1.165) is 11.4 Å². The van der Waals surface area contributed by atoms with Crippen molar-refractivity contribution in [3.05, 3.63) is 50.9 Å². The van der Waals surface area contributed by atoms with Gasteiger partial charge >= 0.3 is 5.97 Å². The molecule has 4 aromatic rings. The van der Waals surface area contributed by atoms with E-state index in [0.29, 0.717) is 16.0 Å². The molecule has 126 valence electrons. The fourth-order valence-electron chi connectivity index (χ4n) is 2.44. The van der Waals surface area contributed by atoms with Crippen LogP contribution in [0.15, 0.2) is 22.3 Å². The number of nitrogens with one attached hydrogen (secondary N) is 1. The minimum absolute atomic E-state index is 0.0971. The first-order valence-corrected chi connectivity index (χ1v) is 8.24.